The van der Waals surface area contributed by atoms with Gasteiger partial charge in [-0.25, -0.2) is 4.79 Å². The molecule has 0 aliphatic carbocycles. The largest absolute Gasteiger partial charge is 0.495 e. The van der Waals surface area contributed by atoms with Crippen LogP contribution < -0.4 is 19.5 Å². The number of hydrogen-bond acceptors (Lipinski definition) is 7. The van der Waals surface area contributed by atoms with E-state index in [-0.39, 0.29) is 30.3 Å². The van der Waals surface area contributed by atoms with Crippen molar-refractivity contribution in [3.8, 4) is 23.3 Å². The molecule has 2 rings (SSSR count). The van der Waals surface area contributed by atoms with Crippen molar-refractivity contribution in [1.82, 2.24) is 0 Å². The monoisotopic (exact) mass is 404 g/mol. The molecule has 0 saturated carbocycles. The Morgan fingerprint density at radius 1 is 1.07 bits per heavy atom. The number of amides is 1. The summed E-state index contributed by atoms with van der Waals surface area (Å²) in [7, 11) is 2.87. The fraction of sp³-hybridized carbons (Fsp3) is 0.211. The number of nitrogens with zero attached hydrogens (tertiary/aromatic N) is 1. The van der Waals surface area contributed by atoms with E-state index in [1.165, 1.54) is 32.4 Å². The lowest BCUT2D eigenvalue weighted by Gasteiger charge is -2.13. The first-order valence-corrected chi connectivity index (χ1v) is 8.34. The highest BCUT2D eigenvalue weighted by atomic mass is 35.5. The van der Waals surface area contributed by atoms with Gasteiger partial charge in [0, 0.05) is 5.02 Å². The summed E-state index contributed by atoms with van der Waals surface area (Å²) in [6.45, 7) is -0.670. The second-order valence-corrected chi connectivity index (χ2v) is 5.72. The van der Waals surface area contributed by atoms with Crippen molar-refractivity contribution >= 4 is 29.2 Å². The molecule has 28 heavy (non-hydrogen) atoms. The van der Waals surface area contributed by atoms with Crippen LogP contribution in [0.1, 0.15) is 10.4 Å². The Bertz CT molecular complexity index is 910. The lowest BCUT2D eigenvalue weighted by Crippen LogP contribution is -2.20. The molecule has 8 nitrogen and oxygen atoms in total. The first-order chi connectivity index (χ1) is 13.5. The number of nitriles is 1. The van der Waals surface area contributed by atoms with Gasteiger partial charge >= 0.3 is 5.97 Å². The Morgan fingerprint density at radius 2 is 1.79 bits per heavy atom. The predicted octanol–water partition coefficient (Wildman–Crippen LogP) is 3.06. The van der Waals surface area contributed by atoms with Crippen molar-refractivity contribution in [1.29, 1.82) is 5.26 Å². The van der Waals surface area contributed by atoms with Gasteiger partial charge in [-0.15, -0.1) is 0 Å². The third-order valence-electron chi connectivity index (χ3n) is 3.46. The van der Waals surface area contributed by atoms with Gasteiger partial charge in [0.05, 0.1) is 25.5 Å². The van der Waals surface area contributed by atoms with Crippen LogP contribution in [-0.4, -0.2) is 39.3 Å². The van der Waals surface area contributed by atoms with Crippen LogP contribution in [0.3, 0.4) is 0 Å². The number of carbonyl (C=O) groups is 2. The minimum absolute atomic E-state index is 0.188. The molecule has 0 aliphatic heterocycles. The Hall–Kier alpha value is -3.44. The van der Waals surface area contributed by atoms with Crippen molar-refractivity contribution in [3.63, 3.8) is 0 Å². The fourth-order valence-corrected chi connectivity index (χ4v) is 2.37. The Kier molecular flexibility index (Phi) is 7.48. The Labute approximate surface area is 166 Å². The van der Waals surface area contributed by atoms with Gasteiger partial charge in [-0.3, -0.25) is 4.79 Å². The summed E-state index contributed by atoms with van der Waals surface area (Å²) in [6, 6.07) is 10.8. The highest BCUT2D eigenvalue weighted by molar-refractivity contribution is 6.31. The first-order valence-electron chi connectivity index (χ1n) is 7.96. The number of anilines is 1. The normalized spacial score (nSPS) is 9.79. The average molecular weight is 405 g/mol. The SMILES string of the molecule is COc1ccc(Cl)cc1NC(=O)COc1ccc(C(=O)OCC#N)cc1OC. The molecule has 0 spiro atoms. The van der Waals surface area contributed by atoms with Crippen LogP contribution in [0.15, 0.2) is 36.4 Å². The number of methoxy groups -OCH3 is 2. The maximum Gasteiger partial charge on any atom is 0.339 e. The van der Waals surface area contributed by atoms with Crippen LogP contribution in [-0.2, 0) is 9.53 Å². The van der Waals surface area contributed by atoms with Gasteiger partial charge in [0.15, 0.2) is 24.7 Å². The van der Waals surface area contributed by atoms with Crippen LogP contribution in [0.2, 0.25) is 5.02 Å². The van der Waals surface area contributed by atoms with Crippen LogP contribution in [0.25, 0.3) is 0 Å². The zero-order chi connectivity index (χ0) is 20.5. The summed E-state index contributed by atoms with van der Waals surface area (Å²) in [4.78, 5) is 24.0. The van der Waals surface area contributed by atoms with Crippen molar-refractivity contribution in [2.75, 3.05) is 32.8 Å². The molecule has 0 aliphatic rings. The zero-order valence-corrected chi connectivity index (χ0v) is 15.9. The zero-order valence-electron chi connectivity index (χ0n) is 15.2. The maximum absolute atomic E-state index is 12.2. The van der Waals surface area contributed by atoms with E-state index in [2.05, 4.69) is 5.32 Å². The van der Waals surface area contributed by atoms with Gasteiger partial charge in [0.1, 0.15) is 11.8 Å². The van der Waals surface area contributed by atoms with Crippen molar-refractivity contribution in [2.45, 2.75) is 0 Å². The number of ether oxygens (including phenoxy) is 4. The summed E-state index contributed by atoms with van der Waals surface area (Å²) >= 11 is 5.93. The summed E-state index contributed by atoms with van der Waals surface area (Å²) < 4.78 is 20.5. The molecule has 0 unspecified atom stereocenters. The minimum atomic E-state index is -0.669. The molecule has 0 bridgehead atoms. The number of benzene rings is 2. The predicted molar refractivity (Wildman–Crippen MR) is 101 cm³/mol. The van der Waals surface area contributed by atoms with Crippen molar-refractivity contribution < 1.29 is 28.5 Å². The van der Waals surface area contributed by atoms with E-state index in [1.807, 2.05) is 0 Å². The van der Waals surface area contributed by atoms with Crippen molar-refractivity contribution in [3.05, 3.63) is 47.0 Å². The quantitative estimate of drug-likeness (QED) is 0.673. The molecular weight excluding hydrogens is 388 g/mol. The van der Waals surface area contributed by atoms with E-state index in [1.54, 1.807) is 24.3 Å². The van der Waals surface area contributed by atoms with Gasteiger partial charge in [0.2, 0.25) is 0 Å². The summed E-state index contributed by atoms with van der Waals surface area (Å²) in [5, 5.41) is 11.5. The van der Waals surface area contributed by atoms with E-state index < -0.39 is 11.9 Å². The molecule has 1 N–H and O–H groups in total. The molecule has 146 valence electrons. The standard InChI is InChI=1S/C19H17ClN2O6/c1-25-15-6-4-13(20)10-14(15)22-18(23)11-28-16-5-3-12(9-17(16)26-2)19(24)27-8-7-21/h3-6,9-10H,8,11H2,1-2H3,(H,22,23). The van der Waals surface area contributed by atoms with Crippen LogP contribution in [0.4, 0.5) is 5.69 Å². The van der Waals surface area contributed by atoms with Gasteiger partial charge in [-0.1, -0.05) is 11.6 Å². The number of hydrogen-bond donors (Lipinski definition) is 1. The third kappa shape index (κ3) is 5.53. The molecule has 2 aromatic rings. The average Bonchev–Trinajstić information content (AvgIpc) is 2.70. The first kappa shape index (κ1) is 20.9. The van der Waals surface area contributed by atoms with Gasteiger partial charge in [0.25, 0.3) is 5.91 Å². The number of rotatable bonds is 8. The molecule has 9 heteroatoms. The molecule has 0 fully saturated rings. The molecular formula is C19H17ClN2O6. The van der Waals surface area contributed by atoms with E-state index in [0.717, 1.165) is 0 Å². The Balaban J connectivity index is 2.04. The number of esters is 1. The second kappa shape index (κ2) is 10.0. The van der Waals surface area contributed by atoms with E-state index in [4.69, 9.17) is 35.8 Å². The molecule has 2 aromatic carbocycles. The molecule has 0 saturated heterocycles. The molecule has 0 heterocycles. The van der Waals surface area contributed by atoms with Crippen LogP contribution >= 0.6 is 11.6 Å². The van der Waals surface area contributed by atoms with E-state index >= 15 is 0 Å². The second-order valence-electron chi connectivity index (χ2n) is 5.28. The van der Waals surface area contributed by atoms with Gasteiger partial charge in [-0.2, -0.15) is 5.26 Å². The summed E-state index contributed by atoms with van der Waals surface area (Å²) in [5.41, 5.74) is 0.596. The summed E-state index contributed by atoms with van der Waals surface area (Å²) in [6.07, 6.45) is 0. The highest BCUT2D eigenvalue weighted by Gasteiger charge is 2.14. The summed E-state index contributed by atoms with van der Waals surface area (Å²) in [5.74, 6) is -0.167. The fourth-order valence-electron chi connectivity index (χ4n) is 2.20. The third-order valence-corrected chi connectivity index (χ3v) is 3.70. The molecule has 0 aromatic heterocycles. The van der Waals surface area contributed by atoms with Crippen LogP contribution in [0, 0.1) is 11.3 Å². The van der Waals surface area contributed by atoms with E-state index in [0.29, 0.717) is 16.5 Å². The smallest absolute Gasteiger partial charge is 0.339 e. The topological polar surface area (TPSA) is 107 Å². The maximum atomic E-state index is 12.2. The molecule has 0 radical (unpaired) electrons. The van der Waals surface area contributed by atoms with Crippen molar-refractivity contribution in [2.24, 2.45) is 0 Å². The van der Waals surface area contributed by atoms with E-state index in [9.17, 15) is 9.59 Å². The lowest BCUT2D eigenvalue weighted by molar-refractivity contribution is -0.118. The number of carbonyl (C=O) groups excluding carboxylic acids is 2. The highest BCUT2D eigenvalue weighted by Crippen LogP contribution is 2.29. The molecule has 0 atom stereocenters. The lowest BCUT2D eigenvalue weighted by atomic mass is 10.2. The Morgan fingerprint density at radius 3 is 2.46 bits per heavy atom. The number of halogens is 1. The van der Waals surface area contributed by atoms with Gasteiger partial charge in [-0.05, 0) is 36.4 Å². The van der Waals surface area contributed by atoms with Gasteiger partial charge < -0.3 is 24.3 Å². The minimum Gasteiger partial charge on any atom is -0.495 e. The number of nitrogens with one attached hydrogen (secondary N) is 1. The van der Waals surface area contributed by atoms with Crippen LogP contribution in [0.5, 0.6) is 17.2 Å². The molecule has 1 amide bonds.